The first kappa shape index (κ1) is 16.2. The summed E-state index contributed by atoms with van der Waals surface area (Å²) < 4.78 is 0. The molecule has 0 saturated heterocycles. The molecule has 2 heteroatoms. The van der Waals surface area contributed by atoms with Crippen molar-refractivity contribution < 1.29 is 9.59 Å². The molecule has 0 saturated carbocycles. The van der Waals surface area contributed by atoms with E-state index in [9.17, 15) is 9.59 Å². The van der Waals surface area contributed by atoms with E-state index in [1.807, 2.05) is 57.2 Å². The highest BCUT2D eigenvalue weighted by molar-refractivity contribution is 6.12. The number of Topliss-reactive ketones (excluding diaryl/α,β-unsaturated/α-hetero) is 1. The summed E-state index contributed by atoms with van der Waals surface area (Å²) in [6.45, 7) is 5.94. The van der Waals surface area contributed by atoms with Gasteiger partial charge in [-0.1, -0.05) is 50.2 Å². The molecule has 2 rings (SSSR count). The Balaban J connectivity index is 2.45. The minimum absolute atomic E-state index is 0.00102. The van der Waals surface area contributed by atoms with Crippen LogP contribution in [0.4, 0.5) is 0 Å². The molecule has 0 aliphatic carbocycles. The molecule has 0 heterocycles. The van der Waals surface area contributed by atoms with Gasteiger partial charge in [-0.2, -0.15) is 0 Å². The van der Waals surface area contributed by atoms with E-state index < -0.39 is 0 Å². The fraction of sp³-hybridized carbons (Fsp3) is 0.300. The normalized spacial score (nSPS) is 10.5. The fourth-order valence-electron chi connectivity index (χ4n) is 2.61. The van der Waals surface area contributed by atoms with Crippen LogP contribution in [0.5, 0.6) is 0 Å². The topological polar surface area (TPSA) is 34.1 Å². The minimum atomic E-state index is 0.00102. The summed E-state index contributed by atoms with van der Waals surface area (Å²) in [5, 5.41) is 0. The van der Waals surface area contributed by atoms with E-state index in [0.717, 1.165) is 29.5 Å². The molecule has 0 atom stereocenters. The van der Waals surface area contributed by atoms with Crippen LogP contribution in [0.2, 0.25) is 0 Å². The van der Waals surface area contributed by atoms with Crippen molar-refractivity contribution in [2.75, 3.05) is 0 Å². The predicted octanol–water partition coefficient (Wildman–Crippen LogP) is 4.77. The number of carbonyl (C=O) groups excluding carboxylic acids is 2. The van der Waals surface area contributed by atoms with Crippen molar-refractivity contribution in [3.05, 3.63) is 70.3 Å². The SMILES string of the molecule is CCCC(=O)c1ccc(C)c(C(=O)c2ccccc2CC)c1. The summed E-state index contributed by atoms with van der Waals surface area (Å²) in [5.41, 5.74) is 3.93. The lowest BCUT2D eigenvalue weighted by molar-refractivity contribution is 0.0981. The van der Waals surface area contributed by atoms with E-state index in [4.69, 9.17) is 0 Å². The molecule has 0 spiro atoms. The molecular weight excluding hydrogens is 272 g/mol. The molecule has 2 nitrogen and oxygen atoms in total. The molecule has 0 N–H and O–H groups in total. The van der Waals surface area contributed by atoms with Gasteiger partial charge in [-0.15, -0.1) is 0 Å². The Morgan fingerprint density at radius 2 is 1.68 bits per heavy atom. The average Bonchev–Trinajstić information content (AvgIpc) is 2.54. The maximum absolute atomic E-state index is 12.9. The van der Waals surface area contributed by atoms with E-state index in [0.29, 0.717) is 17.5 Å². The van der Waals surface area contributed by atoms with Crippen molar-refractivity contribution in [2.24, 2.45) is 0 Å². The van der Waals surface area contributed by atoms with Crippen molar-refractivity contribution in [3.63, 3.8) is 0 Å². The number of rotatable bonds is 6. The van der Waals surface area contributed by atoms with Crippen LogP contribution in [-0.2, 0) is 6.42 Å². The summed E-state index contributed by atoms with van der Waals surface area (Å²) in [4.78, 5) is 24.9. The lowest BCUT2D eigenvalue weighted by Crippen LogP contribution is -2.09. The summed E-state index contributed by atoms with van der Waals surface area (Å²) in [6, 6.07) is 13.1. The van der Waals surface area contributed by atoms with Gasteiger partial charge in [-0.25, -0.2) is 0 Å². The molecule has 0 aliphatic rings. The first-order valence-corrected chi connectivity index (χ1v) is 7.84. The Kier molecular flexibility index (Phi) is 5.26. The molecule has 0 unspecified atom stereocenters. The van der Waals surface area contributed by atoms with Gasteiger partial charge in [0.05, 0.1) is 0 Å². The maximum Gasteiger partial charge on any atom is 0.193 e. The van der Waals surface area contributed by atoms with Crippen molar-refractivity contribution in [1.29, 1.82) is 0 Å². The van der Waals surface area contributed by atoms with Crippen molar-refractivity contribution in [3.8, 4) is 0 Å². The zero-order valence-corrected chi connectivity index (χ0v) is 13.5. The number of hydrogen-bond acceptors (Lipinski definition) is 2. The number of aryl methyl sites for hydroxylation is 2. The van der Waals surface area contributed by atoms with Gasteiger partial charge in [0.2, 0.25) is 0 Å². The van der Waals surface area contributed by atoms with E-state index in [1.165, 1.54) is 0 Å². The Hall–Kier alpha value is -2.22. The quantitative estimate of drug-likeness (QED) is 0.719. The second-order valence-electron chi connectivity index (χ2n) is 5.54. The number of hydrogen-bond donors (Lipinski definition) is 0. The van der Waals surface area contributed by atoms with Crippen LogP contribution in [-0.4, -0.2) is 11.6 Å². The smallest absolute Gasteiger partial charge is 0.193 e. The molecular formula is C20H22O2. The summed E-state index contributed by atoms with van der Waals surface area (Å²) in [5.74, 6) is 0.0985. The summed E-state index contributed by atoms with van der Waals surface area (Å²) >= 11 is 0. The number of ketones is 2. The van der Waals surface area contributed by atoms with Gasteiger partial charge >= 0.3 is 0 Å². The molecule has 22 heavy (non-hydrogen) atoms. The van der Waals surface area contributed by atoms with Crippen LogP contribution in [0.3, 0.4) is 0 Å². The van der Waals surface area contributed by atoms with E-state index in [-0.39, 0.29) is 11.6 Å². The third-order valence-corrected chi connectivity index (χ3v) is 3.92. The highest BCUT2D eigenvalue weighted by Gasteiger charge is 2.16. The van der Waals surface area contributed by atoms with Gasteiger partial charge in [0.1, 0.15) is 0 Å². The maximum atomic E-state index is 12.9. The minimum Gasteiger partial charge on any atom is -0.294 e. The van der Waals surface area contributed by atoms with Gasteiger partial charge in [0.25, 0.3) is 0 Å². The molecule has 2 aromatic carbocycles. The Morgan fingerprint density at radius 1 is 0.955 bits per heavy atom. The van der Waals surface area contributed by atoms with Gasteiger partial charge in [-0.05, 0) is 37.0 Å². The monoisotopic (exact) mass is 294 g/mol. The molecule has 114 valence electrons. The summed E-state index contributed by atoms with van der Waals surface area (Å²) in [7, 11) is 0. The zero-order valence-electron chi connectivity index (χ0n) is 13.5. The standard InChI is InChI=1S/C20H22O2/c1-4-8-19(21)16-12-11-14(3)18(13-16)20(22)17-10-7-6-9-15(17)5-2/h6-7,9-13H,4-5,8H2,1-3H3. The molecule has 0 aromatic heterocycles. The average molecular weight is 294 g/mol. The third-order valence-electron chi connectivity index (χ3n) is 3.92. The van der Waals surface area contributed by atoms with Crippen LogP contribution in [0.15, 0.2) is 42.5 Å². The van der Waals surface area contributed by atoms with Crippen LogP contribution in [0, 0.1) is 6.92 Å². The van der Waals surface area contributed by atoms with Gasteiger partial charge in [0, 0.05) is 23.1 Å². The molecule has 2 aromatic rings. The van der Waals surface area contributed by atoms with E-state index >= 15 is 0 Å². The van der Waals surface area contributed by atoms with Crippen molar-refractivity contribution in [1.82, 2.24) is 0 Å². The first-order chi connectivity index (χ1) is 10.6. The van der Waals surface area contributed by atoms with Gasteiger partial charge in [0.15, 0.2) is 11.6 Å². The zero-order chi connectivity index (χ0) is 16.1. The number of benzene rings is 2. The van der Waals surface area contributed by atoms with Crippen LogP contribution in [0.25, 0.3) is 0 Å². The van der Waals surface area contributed by atoms with E-state index in [1.54, 1.807) is 6.07 Å². The highest BCUT2D eigenvalue weighted by Crippen LogP contribution is 2.20. The largest absolute Gasteiger partial charge is 0.294 e. The van der Waals surface area contributed by atoms with Crippen LogP contribution < -0.4 is 0 Å². The third kappa shape index (κ3) is 3.33. The Bertz CT molecular complexity index is 699. The number of carbonyl (C=O) groups is 2. The second-order valence-corrected chi connectivity index (χ2v) is 5.54. The molecule has 0 bridgehead atoms. The van der Waals surface area contributed by atoms with Crippen LogP contribution in [0.1, 0.15) is 64.1 Å². The van der Waals surface area contributed by atoms with Gasteiger partial charge in [-0.3, -0.25) is 9.59 Å². The predicted molar refractivity (Wildman–Crippen MR) is 89.7 cm³/mol. The Labute approximate surface area is 132 Å². The van der Waals surface area contributed by atoms with Crippen molar-refractivity contribution >= 4 is 11.6 Å². The lowest BCUT2D eigenvalue weighted by Gasteiger charge is -2.10. The molecule has 0 fully saturated rings. The summed E-state index contributed by atoms with van der Waals surface area (Å²) in [6.07, 6.45) is 2.15. The molecule has 0 radical (unpaired) electrons. The molecule has 0 aliphatic heterocycles. The lowest BCUT2D eigenvalue weighted by atomic mass is 9.92. The fourth-order valence-corrected chi connectivity index (χ4v) is 2.61. The van der Waals surface area contributed by atoms with Gasteiger partial charge < -0.3 is 0 Å². The van der Waals surface area contributed by atoms with E-state index in [2.05, 4.69) is 0 Å². The Morgan fingerprint density at radius 3 is 2.36 bits per heavy atom. The van der Waals surface area contributed by atoms with Crippen LogP contribution >= 0.6 is 0 Å². The highest BCUT2D eigenvalue weighted by atomic mass is 16.1. The first-order valence-electron chi connectivity index (χ1n) is 7.84. The second kappa shape index (κ2) is 7.17. The molecule has 0 amide bonds. The van der Waals surface area contributed by atoms with Crippen molar-refractivity contribution in [2.45, 2.75) is 40.0 Å².